The zero-order valence-electron chi connectivity index (χ0n) is 7.60. The summed E-state index contributed by atoms with van der Waals surface area (Å²) in [6, 6.07) is 9.64. The Morgan fingerprint density at radius 2 is 2.07 bits per heavy atom. The van der Waals surface area contributed by atoms with Crippen molar-refractivity contribution in [2.75, 3.05) is 0 Å². The molecule has 0 spiro atoms. The third-order valence-electron chi connectivity index (χ3n) is 2.63. The van der Waals surface area contributed by atoms with Gasteiger partial charge in [-0.15, -0.1) is 0 Å². The number of nitrogens with zero attached hydrogens (tertiary/aromatic N) is 1. The minimum Gasteiger partial charge on any atom is -0.284 e. The molecule has 2 heteroatoms. The van der Waals surface area contributed by atoms with E-state index in [1.165, 1.54) is 5.56 Å². The summed E-state index contributed by atoms with van der Waals surface area (Å²) in [5, 5.41) is 1.13. The number of para-hydroxylation sites is 1. The topological polar surface area (TPSA) is 22.0 Å². The smallest absolute Gasteiger partial charge is 0.255 e. The Hall–Kier alpha value is -1.83. The van der Waals surface area contributed by atoms with Gasteiger partial charge >= 0.3 is 0 Å². The van der Waals surface area contributed by atoms with E-state index in [0.29, 0.717) is 0 Å². The van der Waals surface area contributed by atoms with Crippen LogP contribution >= 0.6 is 0 Å². The van der Waals surface area contributed by atoms with Crippen LogP contribution in [0, 0.1) is 0 Å². The number of pyridine rings is 1. The van der Waals surface area contributed by atoms with Crippen molar-refractivity contribution in [1.29, 1.82) is 0 Å². The lowest BCUT2D eigenvalue weighted by Crippen LogP contribution is -2.17. The molecule has 68 valence electrons. The largest absolute Gasteiger partial charge is 0.284 e. The van der Waals surface area contributed by atoms with Gasteiger partial charge in [-0.3, -0.25) is 9.36 Å². The first kappa shape index (κ1) is 7.56. The lowest BCUT2D eigenvalue weighted by atomic mass is 10.0. The highest BCUT2D eigenvalue weighted by Crippen LogP contribution is 2.21. The molecule has 1 aliphatic heterocycles. The van der Waals surface area contributed by atoms with Crippen molar-refractivity contribution in [2.45, 2.75) is 6.42 Å². The summed E-state index contributed by atoms with van der Waals surface area (Å²) >= 11 is 0. The molecule has 14 heavy (non-hydrogen) atoms. The van der Waals surface area contributed by atoms with Gasteiger partial charge in [-0.25, -0.2) is 0 Å². The maximum Gasteiger partial charge on any atom is 0.255 e. The number of hydrogen-bond donors (Lipinski definition) is 0. The van der Waals surface area contributed by atoms with Gasteiger partial charge in [0.25, 0.3) is 5.56 Å². The molecule has 1 aliphatic rings. The van der Waals surface area contributed by atoms with Crippen LogP contribution in [0.5, 0.6) is 0 Å². The molecule has 2 aromatic rings. The Kier molecular flexibility index (Phi) is 1.39. The van der Waals surface area contributed by atoms with E-state index in [4.69, 9.17) is 0 Å². The van der Waals surface area contributed by atoms with E-state index in [2.05, 4.69) is 6.07 Å². The maximum absolute atomic E-state index is 11.6. The Morgan fingerprint density at radius 1 is 1.14 bits per heavy atom. The Morgan fingerprint density at radius 3 is 3.00 bits per heavy atom. The number of aromatic nitrogens is 1. The lowest BCUT2D eigenvalue weighted by Gasteiger charge is -2.13. The maximum atomic E-state index is 11.6. The van der Waals surface area contributed by atoms with Crippen LogP contribution in [0.1, 0.15) is 5.56 Å². The minimum atomic E-state index is 0.0425. The van der Waals surface area contributed by atoms with Crippen LogP contribution < -0.4 is 5.56 Å². The summed E-state index contributed by atoms with van der Waals surface area (Å²) in [6.07, 6.45) is 4.79. The van der Waals surface area contributed by atoms with Crippen molar-refractivity contribution in [1.82, 2.24) is 4.57 Å². The number of hydrogen-bond acceptors (Lipinski definition) is 1. The second kappa shape index (κ2) is 2.58. The van der Waals surface area contributed by atoms with Crippen LogP contribution in [0.2, 0.25) is 0 Å². The molecular formula is C12H9NO. The number of benzene rings is 1. The fourth-order valence-electron chi connectivity index (χ4n) is 1.99. The van der Waals surface area contributed by atoms with E-state index in [1.807, 2.05) is 30.5 Å². The van der Waals surface area contributed by atoms with Crippen LogP contribution in [0.4, 0.5) is 0 Å². The predicted octanol–water partition coefficient (Wildman–Crippen LogP) is 2.03. The Labute approximate surface area is 81.1 Å². The fraction of sp³-hybridized carbons (Fsp3) is 0.0833. The van der Waals surface area contributed by atoms with E-state index in [0.717, 1.165) is 17.3 Å². The average molecular weight is 183 g/mol. The van der Waals surface area contributed by atoms with Gasteiger partial charge in [0, 0.05) is 12.3 Å². The van der Waals surface area contributed by atoms with Gasteiger partial charge in [0.15, 0.2) is 0 Å². The molecule has 0 N–H and O–H groups in total. The van der Waals surface area contributed by atoms with Crippen molar-refractivity contribution in [3.63, 3.8) is 0 Å². The summed E-state index contributed by atoms with van der Waals surface area (Å²) in [5.74, 6) is 0. The van der Waals surface area contributed by atoms with Gasteiger partial charge in [-0.2, -0.15) is 0 Å². The SMILES string of the molecule is O=c1ccc2cccc3c2n1C=CC3. The van der Waals surface area contributed by atoms with Crippen LogP contribution in [-0.2, 0) is 6.42 Å². The van der Waals surface area contributed by atoms with E-state index in [9.17, 15) is 4.79 Å². The third kappa shape index (κ3) is 0.880. The van der Waals surface area contributed by atoms with Gasteiger partial charge in [0.2, 0.25) is 0 Å². The van der Waals surface area contributed by atoms with Crippen molar-refractivity contribution in [3.05, 3.63) is 52.3 Å². The van der Waals surface area contributed by atoms with Gasteiger partial charge in [0.1, 0.15) is 0 Å². The van der Waals surface area contributed by atoms with Crippen molar-refractivity contribution < 1.29 is 0 Å². The molecule has 0 amide bonds. The molecule has 1 aromatic heterocycles. The van der Waals surface area contributed by atoms with Crippen LogP contribution in [-0.4, -0.2) is 4.57 Å². The van der Waals surface area contributed by atoms with E-state index >= 15 is 0 Å². The second-order valence-corrected chi connectivity index (χ2v) is 3.49. The Balaban J connectivity index is 2.63. The molecule has 0 bridgehead atoms. The molecule has 0 aliphatic carbocycles. The van der Waals surface area contributed by atoms with E-state index in [1.54, 1.807) is 10.6 Å². The first-order valence-corrected chi connectivity index (χ1v) is 4.66. The van der Waals surface area contributed by atoms with Crippen LogP contribution in [0.25, 0.3) is 17.1 Å². The zero-order valence-corrected chi connectivity index (χ0v) is 7.60. The number of allylic oxidation sites excluding steroid dienone is 1. The Bertz CT molecular complexity index is 593. The highest BCUT2D eigenvalue weighted by molar-refractivity contribution is 5.85. The summed E-state index contributed by atoms with van der Waals surface area (Å²) in [4.78, 5) is 11.6. The van der Waals surface area contributed by atoms with Gasteiger partial charge in [-0.05, 0) is 23.4 Å². The molecule has 0 fully saturated rings. The zero-order chi connectivity index (χ0) is 9.54. The highest BCUT2D eigenvalue weighted by Gasteiger charge is 2.07. The predicted molar refractivity (Wildman–Crippen MR) is 57.2 cm³/mol. The minimum absolute atomic E-state index is 0.0425. The fourth-order valence-corrected chi connectivity index (χ4v) is 1.99. The molecule has 0 unspecified atom stereocenters. The first-order valence-electron chi connectivity index (χ1n) is 4.66. The molecule has 2 heterocycles. The van der Waals surface area contributed by atoms with Crippen molar-refractivity contribution >= 4 is 17.1 Å². The first-order chi connectivity index (χ1) is 6.86. The average Bonchev–Trinajstić information content (AvgIpc) is 2.24. The number of rotatable bonds is 0. The van der Waals surface area contributed by atoms with Gasteiger partial charge < -0.3 is 0 Å². The molecule has 2 nitrogen and oxygen atoms in total. The standard InChI is InChI=1S/C12H9NO/c14-11-7-6-10-4-1-3-9-5-2-8-13(11)12(9)10/h1-4,6-8H,5H2. The molecule has 0 saturated heterocycles. The quantitative estimate of drug-likeness (QED) is 0.612. The summed E-state index contributed by atoms with van der Waals surface area (Å²) in [6.45, 7) is 0. The summed E-state index contributed by atoms with van der Waals surface area (Å²) in [5.41, 5.74) is 2.33. The van der Waals surface area contributed by atoms with Crippen molar-refractivity contribution in [3.8, 4) is 0 Å². The monoisotopic (exact) mass is 183 g/mol. The molecule has 3 rings (SSSR count). The molecule has 0 atom stereocenters. The normalized spacial score (nSPS) is 13.4. The molecule has 1 aromatic carbocycles. The van der Waals surface area contributed by atoms with Gasteiger partial charge in [-0.1, -0.05) is 24.3 Å². The summed E-state index contributed by atoms with van der Waals surface area (Å²) < 4.78 is 1.72. The van der Waals surface area contributed by atoms with Gasteiger partial charge in [0.05, 0.1) is 5.52 Å². The molecular weight excluding hydrogens is 174 g/mol. The van der Waals surface area contributed by atoms with Crippen LogP contribution in [0.15, 0.2) is 41.2 Å². The lowest BCUT2D eigenvalue weighted by molar-refractivity contribution is 1.06. The highest BCUT2D eigenvalue weighted by atomic mass is 16.1. The second-order valence-electron chi connectivity index (χ2n) is 3.49. The molecule has 0 radical (unpaired) electrons. The van der Waals surface area contributed by atoms with E-state index < -0.39 is 0 Å². The van der Waals surface area contributed by atoms with Crippen LogP contribution in [0.3, 0.4) is 0 Å². The molecule has 0 saturated carbocycles. The summed E-state index contributed by atoms with van der Waals surface area (Å²) in [7, 11) is 0. The van der Waals surface area contributed by atoms with Crippen molar-refractivity contribution in [2.24, 2.45) is 0 Å². The van der Waals surface area contributed by atoms with E-state index in [-0.39, 0.29) is 5.56 Å². The third-order valence-corrected chi connectivity index (χ3v) is 2.63.